The summed E-state index contributed by atoms with van der Waals surface area (Å²) in [6, 6.07) is 7.19. The summed E-state index contributed by atoms with van der Waals surface area (Å²) in [6.45, 7) is 0.309. The van der Waals surface area contributed by atoms with E-state index in [-0.39, 0.29) is 30.1 Å². The van der Waals surface area contributed by atoms with Crippen molar-refractivity contribution in [3.63, 3.8) is 0 Å². The van der Waals surface area contributed by atoms with E-state index >= 15 is 0 Å². The Labute approximate surface area is 142 Å². The number of carbonyl (C=O) groups is 3. The van der Waals surface area contributed by atoms with Crippen molar-refractivity contribution in [3.05, 3.63) is 45.9 Å². The fraction of sp³-hybridized carbons (Fsp3) is 0.250. The van der Waals surface area contributed by atoms with E-state index in [1.807, 2.05) is 12.1 Å². The molecule has 0 aliphatic carbocycles. The van der Waals surface area contributed by atoms with Gasteiger partial charge in [0.05, 0.1) is 5.92 Å². The number of rotatable bonds is 5. The molecule has 2 heterocycles. The van der Waals surface area contributed by atoms with Crippen LogP contribution in [0, 0.1) is 5.92 Å². The summed E-state index contributed by atoms with van der Waals surface area (Å²) in [4.78, 5) is 39.0. The van der Waals surface area contributed by atoms with Crippen LogP contribution in [0.4, 0.5) is 5.69 Å². The molecule has 1 fully saturated rings. The molecule has 24 heavy (non-hydrogen) atoms. The maximum absolute atomic E-state index is 12.1. The molecule has 3 amide bonds. The van der Waals surface area contributed by atoms with Crippen LogP contribution in [0.15, 0.2) is 29.6 Å². The van der Waals surface area contributed by atoms with Crippen LogP contribution in [0.1, 0.15) is 27.5 Å². The van der Waals surface area contributed by atoms with Gasteiger partial charge in [-0.05, 0) is 24.1 Å². The zero-order valence-electron chi connectivity index (χ0n) is 12.7. The van der Waals surface area contributed by atoms with Crippen molar-refractivity contribution in [3.8, 4) is 0 Å². The van der Waals surface area contributed by atoms with Crippen LogP contribution in [0.25, 0.3) is 0 Å². The number of nitrogens with zero attached hydrogens (tertiary/aromatic N) is 1. The monoisotopic (exact) mass is 344 g/mol. The lowest BCUT2D eigenvalue weighted by Crippen LogP contribution is -2.22. The lowest BCUT2D eigenvalue weighted by molar-refractivity contribution is -0.125. The molecular formula is C16H16N4O3S. The Morgan fingerprint density at radius 2 is 2.08 bits per heavy atom. The molecule has 1 saturated heterocycles. The van der Waals surface area contributed by atoms with Crippen LogP contribution in [0.5, 0.6) is 0 Å². The number of aromatic nitrogens is 1. The standard InChI is InChI=1S/C16H16N4O3S/c17-7-14-19-12(8-24-14)16(23)18-11-3-1-9(2-4-11)5-10-6-13(21)20-15(10)22/h1-4,8,10H,5-7,17H2,(H,18,23)(H,20,21,22). The van der Waals surface area contributed by atoms with Gasteiger partial charge in [0, 0.05) is 24.0 Å². The number of carbonyl (C=O) groups excluding carboxylic acids is 3. The van der Waals surface area contributed by atoms with Crippen molar-refractivity contribution in [2.45, 2.75) is 19.4 Å². The highest BCUT2D eigenvalue weighted by atomic mass is 32.1. The van der Waals surface area contributed by atoms with E-state index in [4.69, 9.17) is 5.73 Å². The highest BCUT2D eigenvalue weighted by Gasteiger charge is 2.30. The summed E-state index contributed by atoms with van der Waals surface area (Å²) >= 11 is 1.35. The second kappa shape index (κ2) is 6.90. The first kappa shape index (κ1) is 16.3. The number of hydrogen-bond acceptors (Lipinski definition) is 6. The van der Waals surface area contributed by atoms with Gasteiger partial charge in [-0.2, -0.15) is 0 Å². The van der Waals surface area contributed by atoms with Crippen molar-refractivity contribution in [2.75, 3.05) is 5.32 Å². The van der Waals surface area contributed by atoms with Gasteiger partial charge in [0.15, 0.2) is 0 Å². The fourth-order valence-corrected chi connectivity index (χ4v) is 3.14. The van der Waals surface area contributed by atoms with Crippen LogP contribution in [-0.2, 0) is 22.6 Å². The number of anilines is 1. The molecule has 1 aromatic carbocycles. The number of nitrogens with two attached hydrogens (primary N) is 1. The largest absolute Gasteiger partial charge is 0.325 e. The molecule has 0 spiro atoms. The van der Waals surface area contributed by atoms with Crippen molar-refractivity contribution in [2.24, 2.45) is 11.7 Å². The smallest absolute Gasteiger partial charge is 0.275 e. The Morgan fingerprint density at radius 1 is 1.33 bits per heavy atom. The molecule has 1 aliphatic heterocycles. The molecule has 7 nitrogen and oxygen atoms in total. The summed E-state index contributed by atoms with van der Waals surface area (Å²) in [5, 5.41) is 7.44. The number of benzene rings is 1. The molecule has 0 radical (unpaired) electrons. The molecule has 1 aliphatic rings. The maximum Gasteiger partial charge on any atom is 0.275 e. The topological polar surface area (TPSA) is 114 Å². The van der Waals surface area contributed by atoms with Gasteiger partial charge in [0.2, 0.25) is 11.8 Å². The van der Waals surface area contributed by atoms with Crippen molar-refractivity contribution in [1.29, 1.82) is 0 Å². The van der Waals surface area contributed by atoms with E-state index in [0.717, 1.165) is 5.56 Å². The normalized spacial score (nSPS) is 17.0. The minimum absolute atomic E-state index is 0.225. The van der Waals surface area contributed by atoms with Gasteiger partial charge in [-0.15, -0.1) is 11.3 Å². The molecule has 4 N–H and O–H groups in total. The van der Waals surface area contributed by atoms with Gasteiger partial charge in [-0.25, -0.2) is 4.98 Å². The molecule has 0 saturated carbocycles. The minimum atomic E-state index is -0.317. The Kier molecular flexibility index (Phi) is 4.68. The quantitative estimate of drug-likeness (QED) is 0.702. The van der Waals surface area contributed by atoms with Gasteiger partial charge in [0.25, 0.3) is 5.91 Å². The predicted octanol–water partition coefficient (Wildman–Crippen LogP) is 1.06. The van der Waals surface area contributed by atoms with E-state index in [1.54, 1.807) is 17.5 Å². The lowest BCUT2D eigenvalue weighted by atomic mass is 9.98. The molecule has 1 unspecified atom stereocenters. The van der Waals surface area contributed by atoms with Crippen LogP contribution < -0.4 is 16.4 Å². The highest BCUT2D eigenvalue weighted by Crippen LogP contribution is 2.19. The van der Waals surface area contributed by atoms with Crippen molar-refractivity contribution >= 4 is 34.7 Å². The number of imide groups is 1. The third-order valence-electron chi connectivity index (χ3n) is 3.72. The molecule has 2 aromatic rings. The van der Waals surface area contributed by atoms with E-state index in [2.05, 4.69) is 15.6 Å². The van der Waals surface area contributed by atoms with E-state index in [9.17, 15) is 14.4 Å². The third-order valence-corrected chi connectivity index (χ3v) is 4.59. The van der Waals surface area contributed by atoms with Crippen LogP contribution in [0.2, 0.25) is 0 Å². The summed E-state index contributed by atoms with van der Waals surface area (Å²) in [5.41, 5.74) is 7.39. The van der Waals surface area contributed by atoms with Crippen molar-refractivity contribution in [1.82, 2.24) is 10.3 Å². The number of hydrogen-bond donors (Lipinski definition) is 3. The van der Waals surface area contributed by atoms with Crippen LogP contribution in [0.3, 0.4) is 0 Å². The summed E-state index contributed by atoms with van der Waals surface area (Å²) < 4.78 is 0. The molecule has 1 atom stereocenters. The molecule has 124 valence electrons. The summed E-state index contributed by atoms with van der Waals surface area (Å²) in [7, 11) is 0. The van der Waals surface area contributed by atoms with Crippen molar-refractivity contribution < 1.29 is 14.4 Å². The molecule has 8 heteroatoms. The first-order valence-electron chi connectivity index (χ1n) is 7.43. The van der Waals surface area contributed by atoms with Gasteiger partial charge < -0.3 is 11.1 Å². The average molecular weight is 344 g/mol. The Hall–Kier alpha value is -2.58. The zero-order valence-corrected chi connectivity index (χ0v) is 13.6. The lowest BCUT2D eigenvalue weighted by Gasteiger charge is -2.08. The minimum Gasteiger partial charge on any atom is -0.325 e. The second-order valence-electron chi connectivity index (χ2n) is 5.50. The van der Waals surface area contributed by atoms with E-state index < -0.39 is 0 Å². The maximum atomic E-state index is 12.1. The summed E-state index contributed by atoms with van der Waals surface area (Å²) in [5.74, 6) is -1.06. The third kappa shape index (κ3) is 3.66. The zero-order chi connectivity index (χ0) is 17.1. The Balaban J connectivity index is 1.61. The number of nitrogens with one attached hydrogen (secondary N) is 2. The molecule has 3 rings (SSSR count). The molecule has 0 bridgehead atoms. The van der Waals surface area contributed by atoms with Gasteiger partial charge in [0.1, 0.15) is 10.7 Å². The Morgan fingerprint density at radius 3 is 2.67 bits per heavy atom. The van der Waals surface area contributed by atoms with Crippen LogP contribution >= 0.6 is 11.3 Å². The van der Waals surface area contributed by atoms with Gasteiger partial charge in [-0.1, -0.05) is 12.1 Å². The first-order valence-corrected chi connectivity index (χ1v) is 8.31. The van der Waals surface area contributed by atoms with E-state index in [0.29, 0.717) is 29.4 Å². The van der Waals surface area contributed by atoms with Crippen LogP contribution in [-0.4, -0.2) is 22.7 Å². The second-order valence-corrected chi connectivity index (χ2v) is 6.44. The molecular weight excluding hydrogens is 328 g/mol. The number of amides is 3. The SMILES string of the molecule is NCc1nc(C(=O)Nc2ccc(CC3CC(=O)NC3=O)cc2)cs1. The predicted molar refractivity (Wildman–Crippen MR) is 89.4 cm³/mol. The van der Waals surface area contributed by atoms with E-state index in [1.165, 1.54) is 11.3 Å². The van der Waals surface area contributed by atoms with Gasteiger partial charge in [-0.3, -0.25) is 19.7 Å². The fourth-order valence-electron chi connectivity index (χ4n) is 2.48. The number of thiazole rings is 1. The first-order chi connectivity index (χ1) is 11.5. The molecule has 1 aromatic heterocycles. The summed E-state index contributed by atoms with van der Waals surface area (Å²) in [6.07, 6.45) is 0.725. The Bertz CT molecular complexity index is 785. The highest BCUT2D eigenvalue weighted by molar-refractivity contribution is 7.09. The van der Waals surface area contributed by atoms with Gasteiger partial charge >= 0.3 is 0 Å². The average Bonchev–Trinajstić information content (AvgIpc) is 3.16.